The van der Waals surface area contributed by atoms with Crippen molar-refractivity contribution in [1.29, 1.82) is 5.26 Å². The fourth-order valence-corrected chi connectivity index (χ4v) is 4.07. The van der Waals surface area contributed by atoms with Crippen LogP contribution in [0.4, 0.5) is 4.79 Å². The van der Waals surface area contributed by atoms with Gasteiger partial charge in [0.15, 0.2) is 8.32 Å². The zero-order valence-corrected chi connectivity index (χ0v) is 16.8. The maximum Gasteiger partial charge on any atom is 0.409 e. The third-order valence-corrected chi connectivity index (χ3v) is 10.0. The minimum atomic E-state index is -1.81. The van der Waals surface area contributed by atoms with Crippen molar-refractivity contribution in [3.05, 3.63) is 34.6 Å². The quantitative estimate of drug-likeness (QED) is 0.729. The summed E-state index contributed by atoms with van der Waals surface area (Å²) in [5.74, 6) is 0.656. The normalized spacial score (nSPS) is 20.6. The van der Waals surface area contributed by atoms with Gasteiger partial charge in [-0.05, 0) is 54.6 Å². The minimum absolute atomic E-state index is 0.0329. The molecule has 0 aromatic carbocycles. The number of carbonyl (C=O) groups is 1. The second-order valence-electron chi connectivity index (χ2n) is 8.17. The van der Waals surface area contributed by atoms with Gasteiger partial charge in [-0.2, -0.15) is 5.26 Å². The average Bonchev–Trinajstić information content (AvgIpc) is 2.83. The van der Waals surface area contributed by atoms with Crippen LogP contribution in [0, 0.1) is 17.2 Å². The van der Waals surface area contributed by atoms with Crippen LogP contribution in [0.5, 0.6) is 0 Å². The van der Waals surface area contributed by atoms with Crippen LogP contribution >= 0.6 is 0 Å². The van der Waals surface area contributed by atoms with Crippen molar-refractivity contribution in [1.82, 2.24) is 0 Å². The van der Waals surface area contributed by atoms with Crippen LogP contribution in [0.15, 0.2) is 34.6 Å². The number of allylic oxidation sites excluding steroid dienone is 6. The molecule has 2 rings (SSSR count). The van der Waals surface area contributed by atoms with Gasteiger partial charge in [0.05, 0.1) is 11.6 Å². The van der Waals surface area contributed by atoms with Gasteiger partial charge in [0.25, 0.3) is 0 Å². The zero-order chi connectivity index (χ0) is 18.8. The molecule has 0 saturated carbocycles. The first-order valence-corrected chi connectivity index (χ1v) is 11.6. The molecule has 2 aliphatic rings. The molecule has 136 valence electrons. The number of fused-ring (bicyclic) bond motifs is 1. The van der Waals surface area contributed by atoms with Crippen molar-refractivity contribution in [3.63, 3.8) is 0 Å². The van der Waals surface area contributed by atoms with Gasteiger partial charge in [0.2, 0.25) is 0 Å². The molecule has 25 heavy (non-hydrogen) atoms. The molecule has 0 saturated heterocycles. The van der Waals surface area contributed by atoms with Gasteiger partial charge in [-0.15, -0.1) is 0 Å². The summed E-state index contributed by atoms with van der Waals surface area (Å²) in [4.78, 5) is 11.3. The van der Waals surface area contributed by atoms with Crippen LogP contribution in [-0.4, -0.2) is 21.0 Å². The van der Waals surface area contributed by atoms with E-state index < -0.39 is 14.4 Å². The Kier molecular flexibility index (Phi) is 5.60. The summed E-state index contributed by atoms with van der Waals surface area (Å²) in [5.41, 5.74) is 7.84. The van der Waals surface area contributed by atoms with Crippen LogP contribution in [0.2, 0.25) is 18.1 Å². The lowest BCUT2D eigenvalue weighted by atomic mass is 9.94. The van der Waals surface area contributed by atoms with Gasteiger partial charge in [0, 0.05) is 12.5 Å². The first kappa shape index (κ1) is 19.5. The van der Waals surface area contributed by atoms with E-state index in [1.165, 1.54) is 0 Å². The van der Waals surface area contributed by atoms with Crippen LogP contribution in [-0.2, 0) is 9.16 Å². The molecule has 0 radical (unpaired) electrons. The Morgan fingerprint density at radius 2 is 2.08 bits per heavy atom. The second-order valence-corrected chi connectivity index (χ2v) is 13.0. The minimum Gasteiger partial charge on any atom is -0.417 e. The van der Waals surface area contributed by atoms with E-state index in [1.54, 1.807) is 0 Å². The van der Waals surface area contributed by atoms with Crippen molar-refractivity contribution in [2.45, 2.75) is 58.2 Å². The lowest BCUT2D eigenvalue weighted by Gasteiger charge is -2.36. The third kappa shape index (κ3) is 4.23. The van der Waals surface area contributed by atoms with Gasteiger partial charge in [-0.1, -0.05) is 26.8 Å². The number of nitrogens with zero attached hydrogens (tertiary/aromatic N) is 1. The van der Waals surface area contributed by atoms with E-state index >= 15 is 0 Å². The summed E-state index contributed by atoms with van der Waals surface area (Å²) in [6.07, 6.45) is 5.09. The number of ether oxygens (including phenoxy) is 1. The summed E-state index contributed by atoms with van der Waals surface area (Å²) >= 11 is 0. The van der Waals surface area contributed by atoms with E-state index in [0.29, 0.717) is 30.8 Å². The summed E-state index contributed by atoms with van der Waals surface area (Å²) in [6.45, 7) is 11.7. The Bertz CT molecular complexity index is 690. The molecule has 0 aromatic heterocycles. The second kappa shape index (κ2) is 7.18. The summed E-state index contributed by atoms with van der Waals surface area (Å²) < 4.78 is 11.6. The van der Waals surface area contributed by atoms with Crippen LogP contribution < -0.4 is 5.73 Å². The molecule has 5 nitrogen and oxygen atoms in total. The maximum atomic E-state index is 11.3. The van der Waals surface area contributed by atoms with Gasteiger partial charge in [-0.25, -0.2) is 4.79 Å². The van der Waals surface area contributed by atoms with Gasteiger partial charge in [-0.3, -0.25) is 0 Å². The summed E-state index contributed by atoms with van der Waals surface area (Å²) in [6, 6.07) is 2.23. The lowest BCUT2D eigenvalue weighted by molar-refractivity contribution is 0.169. The monoisotopic (exact) mass is 360 g/mol. The average molecular weight is 361 g/mol. The predicted octanol–water partition coefficient (Wildman–Crippen LogP) is 4.55. The first-order valence-electron chi connectivity index (χ1n) is 8.71. The summed E-state index contributed by atoms with van der Waals surface area (Å²) in [5, 5.41) is 9.49. The van der Waals surface area contributed by atoms with Gasteiger partial charge in [0.1, 0.15) is 5.76 Å². The van der Waals surface area contributed by atoms with Crippen molar-refractivity contribution in [3.8, 4) is 6.07 Å². The van der Waals surface area contributed by atoms with Gasteiger partial charge < -0.3 is 14.9 Å². The molecule has 2 aliphatic carbocycles. The molecular formula is C19H28N2O3Si. The van der Waals surface area contributed by atoms with Crippen molar-refractivity contribution in [2.24, 2.45) is 11.7 Å². The fraction of sp³-hybridized carbons (Fsp3) is 0.579. The number of hydrogen-bond donors (Lipinski definition) is 1. The molecule has 1 atom stereocenters. The molecule has 1 amide bonds. The number of primary amides is 1. The number of amides is 1. The zero-order valence-electron chi connectivity index (χ0n) is 15.8. The maximum absolute atomic E-state index is 11.3. The molecule has 0 bridgehead atoms. The molecule has 0 fully saturated rings. The SMILES string of the molecule is CC(C)(C)[Si](C)(C)OCCC1CC2=C(C#N)C=CCC2=C1OC(N)=O. The van der Waals surface area contributed by atoms with Crippen LogP contribution in [0.3, 0.4) is 0 Å². The van der Waals surface area contributed by atoms with Crippen molar-refractivity contribution >= 4 is 14.4 Å². The van der Waals surface area contributed by atoms with E-state index in [-0.39, 0.29) is 11.0 Å². The predicted molar refractivity (Wildman–Crippen MR) is 100.0 cm³/mol. The van der Waals surface area contributed by atoms with Crippen LogP contribution in [0.1, 0.15) is 40.0 Å². The van der Waals surface area contributed by atoms with Crippen molar-refractivity contribution in [2.75, 3.05) is 6.61 Å². The van der Waals surface area contributed by atoms with Crippen LogP contribution in [0.25, 0.3) is 0 Å². The number of hydrogen-bond acceptors (Lipinski definition) is 4. The molecule has 0 aliphatic heterocycles. The smallest absolute Gasteiger partial charge is 0.409 e. The molecule has 1 unspecified atom stereocenters. The standard InChI is InChI=1S/C19H28N2O3Si/c1-19(2,3)25(4,5)23-10-9-13-11-16-14(12-20)7-6-8-15(16)17(13)24-18(21)22/h6-7,13H,8-11H2,1-5H3,(H2,21,22). The number of nitrogens with two attached hydrogens (primary N) is 1. The first-order chi connectivity index (χ1) is 11.6. The number of nitriles is 1. The number of rotatable bonds is 5. The Labute approximate surface area is 151 Å². The highest BCUT2D eigenvalue weighted by Gasteiger charge is 2.38. The highest BCUT2D eigenvalue weighted by Crippen LogP contribution is 2.44. The highest BCUT2D eigenvalue weighted by atomic mass is 28.4. The molecular weight excluding hydrogens is 332 g/mol. The largest absolute Gasteiger partial charge is 0.417 e. The molecule has 0 heterocycles. The van der Waals surface area contributed by atoms with E-state index in [4.69, 9.17) is 14.9 Å². The highest BCUT2D eigenvalue weighted by molar-refractivity contribution is 6.74. The molecule has 2 N–H and O–H groups in total. The molecule has 0 spiro atoms. The lowest BCUT2D eigenvalue weighted by Crippen LogP contribution is -2.41. The summed E-state index contributed by atoms with van der Waals surface area (Å²) in [7, 11) is -1.81. The Balaban J connectivity index is 2.15. The Hall–Kier alpha value is -1.84. The fourth-order valence-electron chi connectivity index (χ4n) is 3.01. The topological polar surface area (TPSA) is 85.3 Å². The number of carbonyl (C=O) groups excluding carboxylic acids is 1. The van der Waals surface area contributed by atoms with E-state index in [2.05, 4.69) is 39.9 Å². The van der Waals surface area contributed by atoms with E-state index in [0.717, 1.165) is 17.6 Å². The molecule has 0 aromatic rings. The Morgan fingerprint density at radius 1 is 1.40 bits per heavy atom. The van der Waals surface area contributed by atoms with Crippen molar-refractivity contribution < 1.29 is 14.0 Å². The van der Waals surface area contributed by atoms with E-state index in [9.17, 15) is 10.1 Å². The third-order valence-electron chi connectivity index (χ3n) is 5.48. The Morgan fingerprint density at radius 3 is 2.64 bits per heavy atom. The van der Waals surface area contributed by atoms with E-state index in [1.807, 2.05) is 12.2 Å². The van der Waals surface area contributed by atoms with Gasteiger partial charge >= 0.3 is 6.09 Å². The molecule has 6 heteroatoms.